The third kappa shape index (κ3) is 3.23. The topological polar surface area (TPSA) is 43.9 Å². The van der Waals surface area contributed by atoms with Gasteiger partial charge in [0.25, 0.3) is 0 Å². The van der Waals surface area contributed by atoms with Crippen molar-refractivity contribution in [3.8, 4) is 0 Å². The Hall–Kier alpha value is -1.10. The molecule has 2 amide bonds. The maximum atomic E-state index is 12.7. The average molecular weight is 295 g/mol. The summed E-state index contributed by atoms with van der Waals surface area (Å²) < 4.78 is 0. The Morgan fingerprint density at radius 3 is 2.38 bits per heavy atom. The van der Waals surface area contributed by atoms with E-state index in [9.17, 15) is 9.59 Å². The monoisotopic (exact) mass is 295 g/mol. The van der Waals surface area contributed by atoms with Crippen molar-refractivity contribution in [1.82, 2.24) is 14.7 Å². The summed E-state index contributed by atoms with van der Waals surface area (Å²) in [5.74, 6) is 0.702. The fourth-order valence-electron chi connectivity index (χ4n) is 3.67. The normalized spacial score (nSPS) is 30.0. The average Bonchev–Trinajstić information content (AvgIpc) is 3.01. The minimum absolute atomic E-state index is 0.124. The Labute approximate surface area is 128 Å². The van der Waals surface area contributed by atoms with Crippen LogP contribution in [-0.4, -0.2) is 72.3 Å². The minimum atomic E-state index is -0.140. The van der Waals surface area contributed by atoms with Crippen molar-refractivity contribution in [2.75, 3.05) is 33.7 Å². The van der Waals surface area contributed by atoms with E-state index in [2.05, 4.69) is 25.9 Å². The molecule has 0 spiro atoms. The number of hydrogen-bond acceptors (Lipinski definition) is 3. The number of likely N-dealkylation sites (tertiary alicyclic amines) is 2. The molecule has 21 heavy (non-hydrogen) atoms. The molecule has 0 radical (unpaired) electrons. The third-order valence-electron chi connectivity index (χ3n) is 5.04. The second-order valence-electron chi connectivity index (χ2n) is 6.98. The lowest BCUT2D eigenvalue weighted by Crippen LogP contribution is -2.39. The molecule has 0 unspecified atom stereocenters. The van der Waals surface area contributed by atoms with Crippen LogP contribution in [0.5, 0.6) is 0 Å². The van der Waals surface area contributed by atoms with Crippen molar-refractivity contribution in [3.05, 3.63) is 0 Å². The van der Waals surface area contributed by atoms with Crippen LogP contribution in [0.3, 0.4) is 0 Å². The Bertz CT molecular complexity index is 408. The molecule has 0 saturated carbocycles. The molecule has 5 heteroatoms. The number of likely N-dealkylation sites (N-methyl/N-ethyl adjacent to an activating group) is 1. The maximum absolute atomic E-state index is 12.7. The first-order valence-corrected chi connectivity index (χ1v) is 8.09. The maximum Gasteiger partial charge on any atom is 0.228 e. The van der Waals surface area contributed by atoms with Crippen molar-refractivity contribution in [2.24, 2.45) is 11.8 Å². The first-order chi connectivity index (χ1) is 9.85. The molecule has 0 N–H and O–H groups in total. The third-order valence-corrected chi connectivity index (χ3v) is 5.04. The van der Waals surface area contributed by atoms with Crippen LogP contribution in [-0.2, 0) is 9.59 Å². The molecule has 120 valence electrons. The van der Waals surface area contributed by atoms with Crippen LogP contribution in [0, 0.1) is 11.8 Å². The van der Waals surface area contributed by atoms with Crippen LogP contribution in [0.25, 0.3) is 0 Å². The first-order valence-electron chi connectivity index (χ1n) is 8.09. The highest BCUT2D eigenvalue weighted by Crippen LogP contribution is 2.28. The minimum Gasteiger partial charge on any atom is -0.340 e. The van der Waals surface area contributed by atoms with Crippen LogP contribution >= 0.6 is 0 Å². The summed E-state index contributed by atoms with van der Waals surface area (Å²) in [5.41, 5.74) is 0. The van der Waals surface area contributed by atoms with Gasteiger partial charge in [0.1, 0.15) is 0 Å². The van der Waals surface area contributed by atoms with E-state index >= 15 is 0 Å². The fraction of sp³-hybridized carbons (Fsp3) is 0.875. The largest absolute Gasteiger partial charge is 0.340 e. The molecular formula is C16H29N3O2. The van der Waals surface area contributed by atoms with E-state index in [4.69, 9.17) is 0 Å². The Morgan fingerprint density at radius 1 is 1.29 bits per heavy atom. The van der Waals surface area contributed by atoms with Gasteiger partial charge < -0.3 is 14.7 Å². The quantitative estimate of drug-likeness (QED) is 0.778. The van der Waals surface area contributed by atoms with Crippen molar-refractivity contribution in [2.45, 2.75) is 45.7 Å². The predicted molar refractivity (Wildman–Crippen MR) is 82.8 cm³/mol. The molecule has 5 nitrogen and oxygen atoms in total. The Kier molecular flexibility index (Phi) is 4.91. The molecule has 0 aromatic heterocycles. The first kappa shape index (κ1) is 16.3. The highest BCUT2D eigenvalue weighted by atomic mass is 16.2. The van der Waals surface area contributed by atoms with Gasteiger partial charge >= 0.3 is 0 Å². The number of hydrogen-bond donors (Lipinski definition) is 0. The number of amides is 2. The van der Waals surface area contributed by atoms with E-state index < -0.39 is 0 Å². The molecule has 2 saturated heterocycles. The SMILES string of the molecule is CC[C@@H]1CN(C(=O)[C@@H]2CC(=O)N(C(C)C)C2)C[C@H]1N(C)C. The van der Waals surface area contributed by atoms with Gasteiger partial charge in [0.2, 0.25) is 11.8 Å². The van der Waals surface area contributed by atoms with Crippen molar-refractivity contribution >= 4 is 11.8 Å². The van der Waals surface area contributed by atoms with E-state index in [-0.39, 0.29) is 23.8 Å². The molecule has 2 fully saturated rings. The second kappa shape index (κ2) is 6.34. The van der Waals surface area contributed by atoms with Crippen LogP contribution in [0.2, 0.25) is 0 Å². The Morgan fingerprint density at radius 2 is 1.95 bits per heavy atom. The smallest absolute Gasteiger partial charge is 0.228 e. The van der Waals surface area contributed by atoms with Gasteiger partial charge in [-0.2, -0.15) is 0 Å². The Balaban J connectivity index is 2.00. The zero-order valence-electron chi connectivity index (χ0n) is 14.0. The molecule has 0 aromatic carbocycles. The zero-order valence-corrected chi connectivity index (χ0v) is 14.0. The lowest BCUT2D eigenvalue weighted by atomic mass is 10.0. The summed E-state index contributed by atoms with van der Waals surface area (Å²) in [4.78, 5) is 30.7. The number of nitrogens with zero attached hydrogens (tertiary/aromatic N) is 3. The molecule has 2 aliphatic rings. The van der Waals surface area contributed by atoms with Crippen molar-refractivity contribution in [3.63, 3.8) is 0 Å². The zero-order chi connectivity index (χ0) is 15.7. The molecule has 2 heterocycles. The molecule has 0 bridgehead atoms. The molecule has 0 aliphatic carbocycles. The molecule has 2 aliphatic heterocycles. The number of rotatable bonds is 4. The highest BCUT2D eigenvalue weighted by Gasteiger charge is 2.41. The van der Waals surface area contributed by atoms with Crippen LogP contribution in [0.1, 0.15) is 33.6 Å². The van der Waals surface area contributed by atoms with Gasteiger partial charge in [0.05, 0.1) is 5.92 Å². The van der Waals surface area contributed by atoms with Gasteiger partial charge in [-0.3, -0.25) is 9.59 Å². The summed E-state index contributed by atoms with van der Waals surface area (Å²) in [7, 11) is 4.17. The molecule has 0 aromatic rings. The van der Waals surface area contributed by atoms with Gasteiger partial charge in [-0.15, -0.1) is 0 Å². The van der Waals surface area contributed by atoms with E-state index in [1.54, 1.807) is 0 Å². The molecule has 2 rings (SSSR count). The van der Waals surface area contributed by atoms with E-state index in [1.807, 2.05) is 23.6 Å². The lowest BCUT2D eigenvalue weighted by Gasteiger charge is -2.24. The lowest BCUT2D eigenvalue weighted by molar-refractivity contribution is -0.135. The van der Waals surface area contributed by atoms with Crippen LogP contribution in [0.15, 0.2) is 0 Å². The summed E-state index contributed by atoms with van der Waals surface area (Å²) in [6.45, 7) is 8.44. The summed E-state index contributed by atoms with van der Waals surface area (Å²) in [6.07, 6.45) is 1.48. The molecule has 3 atom stereocenters. The highest BCUT2D eigenvalue weighted by molar-refractivity contribution is 5.89. The predicted octanol–water partition coefficient (Wildman–Crippen LogP) is 1.04. The van der Waals surface area contributed by atoms with Crippen LogP contribution < -0.4 is 0 Å². The van der Waals surface area contributed by atoms with E-state index in [0.717, 1.165) is 19.5 Å². The second-order valence-corrected chi connectivity index (χ2v) is 6.98. The number of carbonyl (C=O) groups is 2. The van der Waals surface area contributed by atoms with Gasteiger partial charge in [0.15, 0.2) is 0 Å². The number of carbonyl (C=O) groups excluding carboxylic acids is 2. The summed E-state index contributed by atoms with van der Waals surface area (Å²) in [6, 6.07) is 0.629. The summed E-state index contributed by atoms with van der Waals surface area (Å²) >= 11 is 0. The van der Waals surface area contributed by atoms with Crippen molar-refractivity contribution in [1.29, 1.82) is 0 Å². The molecular weight excluding hydrogens is 266 g/mol. The van der Waals surface area contributed by atoms with E-state index in [1.165, 1.54) is 0 Å². The fourth-order valence-corrected chi connectivity index (χ4v) is 3.67. The van der Waals surface area contributed by atoms with Crippen molar-refractivity contribution < 1.29 is 9.59 Å². The standard InChI is InChI=1S/C16H29N3O2/c1-6-12-8-18(10-14(12)17(4)5)16(21)13-7-15(20)19(9-13)11(2)3/h11-14H,6-10H2,1-5H3/t12-,13-,14-/m1/s1. The van der Waals surface area contributed by atoms with E-state index in [0.29, 0.717) is 24.9 Å². The van der Waals surface area contributed by atoms with Gasteiger partial charge in [-0.1, -0.05) is 13.3 Å². The summed E-state index contributed by atoms with van der Waals surface area (Å²) in [5, 5.41) is 0. The van der Waals surface area contributed by atoms with Gasteiger partial charge in [0, 0.05) is 38.1 Å². The van der Waals surface area contributed by atoms with Gasteiger partial charge in [-0.05, 0) is 33.9 Å². The van der Waals surface area contributed by atoms with Gasteiger partial charge in [-0.25, -0.2) is 0 Å². The van der Waals surface area contributed by atoms with Crippen LogP contribution in [0.4, 0.5) is 0 Å².